The summed E-state index contributed by atoms with van der Waals surface area (Å²) in [5.74, 6) is 0.780. The summed E-state index contributed by atoms with van der Waals surface area (Å²) in [4.78, 5) is 18.3. The highest BCUT2D eigenvalue weighted by atomic mass is 35.5. The van der Waals surface area contributed by atoms with E-state index in [1.165, 1.54) is 0 Å². The number of nitrogens with one attached hydrogen (secondary N) is 1. The van der Waals surface area contributed by atoms with Crippen LogP contribution in [0, 0.1) is 6.92 Å². The molecule has 0 aliphatic heterocycles. The van der Waals surface area contributed by atoms with Crippen molar-refractivity contribution in [1.29, 1.82) is 0 Å². The van der Waals surface area contributed by atoms with E-state index in [1.807, 2.05) is 18.2 Å². The molecule has 0 saturated carbocycles. The number of nitrogens with zero attached hydrogens (tertiary/aromatic N) is 1. The zero-order valence-corrected chi connectivity index (χ0v) is 10.1. The maximum atomic E-state index is 11.5. The molecule has 0 aliphatic carbocycles. The van der Waals surface area contributed by atoms with E-state index in [-0.39, 0.29) is 11.4 Å². The molecule has 0 spiro atoms. The van der Waals surface area contributed by atoms with Crippen LogP contribution < -0.4 is 11.3 Å². The first kappa shape index (κ1) is 11.7. The number of rotatable bonds is 2. The molecule has 17 heavy (non-hydrogen) atoms. The fourth-order valence-corrected chi connectivity index (χ4v) is 1.71. The SMILES string of the molecule is Cc1c(N)nc(Cc2ccccc2Cl)[nH]c1=O. The fourth-order valence-electron chi connectivity index (χ4n) is 1.50. The van der Waals surface area contributed by atoms with Crippen molar-refractivity contribution in [2.24, 2.45) is 0 Å². The van der Waals surface area contributed by atoms with Gasteiger partial charge in [0.1, 0.15) is 11.6 Å². The van der Waals surface area contributed by atoms with Crippen molar-refractivity contribution in [2.75, 3.05) is 5.73 Å². The van der Waals surface area contributed by atoms with Crippen molar-refractivity contribution in [2.45, 2.75) is 13.3 Å². The van der Waals surface area contributed by atoms with Crippen molar-refractivity contribution in [3.63, 3.8) is 0 Å². The Kier molecular flexibility index (Phi) is 3.15. The van der Waals surface area contributed by atoms with Crippen molar-refractivity contribution < 1.29 is 0 Å². The lowest BCUT2D eigenvalue weighted by molar-refractivity contribution is 0.938. The van der Waals surface area contributed by atoms with E-state index in [2.05, 4.69) is 9.97 Å². The molecule has 4 nitrogen and oxygen atoms in total. The molecule has 0 amide bonds. The molecule has 0 fully saturated rings. The van der Waals surface area contributed by atoms with Gasteiger partial charge in [-0.05, 0) is 18.6 Å². The number of aromatic nitrogens is 2. The highest BCUT2D eigenvalue weighted by Gasteiger charge is 2.06. The van der Waals surface area contributed by atoms with E-state index in [1.54, 1.807) is 13.0 Å². The molecule has 3 N–H and O–H groups in total. The van der Waals surface area contributed by atoms with Crippen LogP contribution in [-0.2, 0) is 6.42 Å². The van der Waals surface area contributed by atoms with Gasteiger partial charge in [0.25, 0.3) is 5.56 Å². The molecule has 1 aromatic heterocycles. The molecule has 1 heterocycles. The van der Waals surface area contributed by atoms with Gasteiger partial charge in [-0.1, -0.05) is 29.8 Å². The molecule has 0 bridgehead atoms. The Morgan fingerprint density at radius 3 is 2.76 bits per heavy atom. The van der Waals surface area contributed by atoms with Crippen LogP contribution in [-0.4, -0.2) is 9.97 Å². The Morgan fingerprint density at radius 2 is 2.12 bits per heavy atom. The average molecular weight is 250 g/mol. The minimum atomic E-state index is -0.209. The minimum absolute atomic E-state index is 0.209. The summed E-state index contributed by atoms with van der Waals surface area (Å²) in [6, 6.07) is 7.42. The Morgan fingerprint density at radius 1 is 1.41 bits per heavy atom. The average Bonchev–Trinajstić information content (AvgIpc) is 2.29. The van der Waals surface area contributed by atoms with Crippen molar-refractivity contribution in [3.05, 3.63) is 56.6 Å². The minimum Gasteiger partial charge on any atom is -0.383 e. The second-order valence-electron chi connectivity index (χ2n) is 3.79. The zero-order chi connectivity index (χ0) is 12.4. The summed E-state index contributed by atoms with van der Waals surface area (Å²) >= 11 is 6.03. The summed E-state index contributed by atoms with van der Waals surface area (Å²) in [6.07, 6.45) is 0.458. The molecule has 0 unspecified atom stereocenters. The van der Waals surface area contributed by atoms with E-state index in [4.69, 9.17) is 17.3 Å². The van der Waals surface area contributed by atoms with E-state index in [9.17, 15) is 4.79 Å². The van der Waals surface area contributed by atoms with Crippen LogP contribution in [0.5, 0.6) is 0 Å². The van der Waals surface area contributed by atoms with Gasteiger partial charge >= 0.3 is 0 Å². The number of aromatic amines is 1. The van der Waals surface area contributed by atoms with Gasteiger partial charge < -0.3 is 10.7 Å². The van der Waals surface area contributed by atoms with Crippen molar-refractivity contribution in [1.82, 2.24) is 9.97 Å². The third kappa shape index (κ3) is 2.47. The lowest BCUT2D eigenvalue weighted by Gasteiger charge is -2.05. The molecule has 0 radical (unpaired) electrons. The monoisotopic (exact) mass is 249 g/mol. The number of benzene rings is 1. The van der Waals surface area contributed by atoms with E-state index >= 15 is 0 Å². The topological polar surface area (TPSA) is 71.8 Å². The first-order valence-electron chi connectivity index (χ1n) is 5.16. The summed E-state index contributed by atoms with van der Waals surface area (Å²) in [5, 5.41) is 0.647. The molecule has 0 saturated heterocycles. The number of anilines is 1. The Balaban J connectivity index is 2.38. The first-order chi connectivity index (χ1) is 8.08. The molecule has 5 heteroatoms. The lowest BCUT2D eigenvalue weighted by atomic mass is 10.1. The predicted molar refractivity (Wildman–Crippen MR) is 68.3 cm³/mol. The second-order valence-corrected chi connectivity index (χ2v) is 4.20. The molecule has 1 aromatic carbocycles. The molecular formula is C12H12ClN3O. The Labute approximate surface area is 103 Å². The van der Waals surface area contributed by atoms with Crippen LogP contribution in [0.1, 0.15) is 17.0 Å². The zero-order valence-electron chi connectivity index (χ0n) is 9.33. The molecule has 0 atom stereocenters. The molecule has 88 valence electrons. The van der Waals surface area contributed by atoms with Crippen LogP contribution in [0.25, 0.3) is 0 Å². The smallest absolute Gasteiger partial charge is 0.255 e. The summed E-state index contributed by atoms with van der Waals surface area (Å²) < 4.78 is 0. The van der Waals surface area contributed by atoms with Gasteiger partial charge in [-0.2, -0.15) is 0 Å². The summed E-state index contributed by atoms with van der Waals surface area (Å²) in [6.45, 7) is 1.64. The molecule has 2 rings (SSSR count). The van der Waals surface area contributed by atoms with Gasteiger partial charge in [-0.25, -0.2) is 4.98 Å². The fraction of sp³-hybridized carbons (Fsp3) is 0.167. The van der Waals surface area contributed by atoms with E-state index < -0.39 is 0 Å². The normalized spacial score (nSPS) is 10.5. The third-order valence-corrected chi connectivity index (χ3v) is 2.92. The second kappa shape index (κ2) is 4.59. The quantitative estimate of drug-likeness (QED) is 0.854. The number of nitrogens with two attached hydrogens (primary N) is 1. The van der Waals surface area contributed by atoms with Crippen LogP contribution in [0.4, 0.5) is 5.82 Å². The number of halogens is 1. The van der Waals surface area contributed by atoms with E-state index in [0.29, 0.717) is 22.8 Å². The van der Waals surface area contributed by atoms with Crippen molar-refractivity contribution in [3.8, 4) is 0 Å². The Hall–Kier alpha value is -1.81. The van der Waals surface area contributed by atoms with Crippen LogP contribution in [0.15, 0.2) is 29.1 Å². The number of hydrogen-bond donors (Lipinski definition) is 2. The van der Waals surface area contributed by atoms with Crippen LogP contribution in [0.2, 0.25) is 5.02 Å². The maximum Gasteiger partial charge on any atom is 0.255 e. The van der Waals surface area contributed by atoms with Gasteiger partial charge in [0.15, 0.2) is 0 Å². The Bertz CT molecular complexity index is 607. The number of nitrogen functional groups attached to an aromatic ring is 1. The van der Waals surface area contributed by atoms with Gasteiger partial charge in [-0.15, -0.1) is 0 Å². The third-order valence-electron chi connectivity index (χ3n) is 2.55. The van der Waals surface area contributed by atoms with Crippen LogP contribution in [0.3, 0.4) is 0 Å². The van der Waals surface area contributed by atoms with Crippen molar-refractivity contribution >= 4 is 17.4 Å². The van der Waals surface area contributed by atoms with Gasteiger partial charge in [0.2, 0.25) is 0 Å². The van der Waals surface area contributed by atoms with Gasteiger partial charge in [-0.3, -0.25) is 4.79 Å². The largest absolute Gasteiger partial charge is 0.383 e. The first-order valence-corrected chi connectivity index (χ1v) is 5.54. The molecule has 0 aliphatic rings. The molecule has 2 aromatic rings. The highest BCUT2D eigenvalue weighted by Crippen LogP contribution is 2.17. The predicted octanol–water partition coefficient (Wildman–Crippen LogP) is 1.90. The van der Waals surface area contributed by atoms with Gasteiger partial charge in [0, 0.05) is 11.4 Å². The van der Waals surface area contributed by atoms with Crippen LogP contribution >= 0.6 is 11.6 Å². The highest BCUT2D eigenvalue weighted by molar-refractivity contribution is 6.31. The summed E-state index contributed by atoms with van der Waals surface area (Å²) in [5.41, 5.74) is 6.78. The maximum absolute atomic E-state index is 11.5. The van der Waals surface area contributed by atoms with E-state index in [0.717, 1.165) is 5.56 Å². The number of hydrogen-bond acceptors (Lipinski definition) is 3. The number of H-pyrrole nitrogens is 1. The summed E-state index contributed by atoms with van der Waals surface area (Å²) in [7, 11) is 0. The molecular weight excluding hydrogens is 238 g/mol. The lowest BCUT2D eigenvalue weighted by Crippen LogP contribution is -2.17. The van der Waals surface area contributed by atoms with Gasteiger partial charge in [0.05, 0.1) is 5.56 Å². The standard InChI is InChI=1S/C12H12ClN3O/c1-7-11(14)15-10(16-12(7)17)6-8-4-2-3-5-9(8)13/h2-5H,6H2,1H3,(H3,14,15,16,17).